The fourth-order valence-corrected chi connectivity index (χ4v) is 1.78. The molecule has 1 rings (SSSR count). The van der Waals surface area contributed by atoms with Gasteiger partial charge in [0.25, 0.3) is 0 Å². The van der Waals surface area contributed by atoms with Gasteiger partial charge in [0.15, 0.2) is 0 Å². The van der Waals surface area contributed by atoms with E-state index >= 15 is 0 Å². The van der Waals surface area contributed by atoms with Gasteiger partial charge in [-0.1, -0.05) is 12.1 Å². The van der Waals surface area contributed by atoms with Crippen LogP contribution in [0.1, 0.15) is 36.7 Å². The Balaban J connectivity index is 2.63. The standard InChI is InChI=1S/C15H22N2O3/c1-10(2)16-14(18)11(3)17(4)9-12-5-7-13(8-6-12)15(19)20/h5-8,10-11H,9H2,1-4H3,(H,16,18)(H,19,20). The molecule has 0 fully saturated rings. The number of benzene rings is 1. The molecule has 0 radical (unpaired) electrons. The first kappa shape index (κ1) is 16.2. The van der Waals surface area contributed by atoms with E-state index in [1.54, 1.807) is 24.3 Å². The number of aromatic carboxylic acids is 1. The third kappa shape index (κ3) is 4.66. The summed E-state index contributed by atoms with van der Waals surface area (Å²) in [5, 5.41) is 11.7. The van der Waals surface area contributed by atoms with Gasteiger partial charge in [-0.25, -0.2) is 4.79 Å². The van der Waals surface area contributed by atoms with Gasteiger partial charge in [0.2, 0.25) is 5.91 Å². The Kier molecular flexibility index (Phi) is 5.70. The average Bonchev–Trinajstić information content (AvgIpc) is 2.37. The molecular weight excluding hydrogens is 256 g/mol. The lowest BCUT2D eigenvalue weighted by Crippen LogP contribution is -2.45. The van der Waals surface area contributed by atoms with E-state index in [9.17, 15) is 9.59 Å². The number of likely N-dealkylation sites (N-methyl/N-ethyl adjacent to an activating group) is 1. The molecule has 0 aliphatic heterocycles. The Bertz CT molecular complexity index is 469. The van der Waals surface area contributed by atoms with E-state index in [-0.39, 0.29) is 23.6 Å². The van der Waals surface area contributed by atoms with E-state index < -0.39 is 5.97 Å². The summed E-state index contributed by atoms with van der Waals surface area (Å²) < 4.78 is 0. The molecule has 20 heavy (non-hydrogen) atoms. The van der Waals surface area contributed by atoms with Crippen molar-refractivity contribution in [3.05, 3.63) is 35.4 Å². The number of carbonyl (C=O) groups is 2. The molecule has 2 N–H and O–H groups in total. The van der Waals surface area contributed by atoms with Crippen LogP contribution in [0.3, 0.4) is 0 Å². The summed E-state index contributed by atoms with van der Waals surface area (Å²) in [6.07, 6.45) is 0. The molecule has 0 aliphatic carbocycles. The molecule has 0 aliphatic rings. The van der Waals surface area contributed by atoms with E-state index in [1.165, 1.54) is 0 Å². The third-order valence-corrected chi connectivity index (χ3v) is 3.10. The number of amides is 1. The lowest BCUT2D eigenvalue weighted by Gasteiger charge is -2.24. The zero-order valence-corrected chi connectivity index (χ0v) is 12.4. The third-order valence-electron chi connectivity index (χ3n) is 3.10. The van der Waals surface area contributed by atoms with Gasteiger partial charge < -0.3 is 10.4 Å². The molecule has 0 aromatic heterocycles. The van der Waals surface area contributed by atoms with E-state index in [1.807, 2.05) is 32.7 Å². The number of hydrogen-bond acceptors (Lipinski definition) is 3. The van der Waals surface area contributed by atoms with Crippen LogP contribution in [0.5, 0.6) is 0 Å². The molecular formula is C15H22N2O3. The topological polar surface area (TPSA) is 69.6 Å². The molecule has 0 saturated carbocycles. The van der Waals surface area contributed by atoms with Gasteiger partial charge in [0, 0.05) is 12.6 Å². The van der Waals surface area contributed by atoms with Crippen molar-refractivity contribution in [1.82, 2.24) is 10.2 Å². The predicted molar refractivity (Wildman–Crippen MR) is 77.6 cm³/mol. The summed E-state index contributed by atoms with van der Waals surface area (Å²) in [5.74, 6) is -0.945. The van der Waals surface area contributed by atoms with E-state index in [0.717, 1.165) is 5.56 Å². The van der Waals surface area contributed by atoms with Gasteiger partial charge in [-0.05, 0) is 45.5 Å². The van der Waals surface area contributed by atoms with Crippen LogP contribution in [0, 0.1) is 0 Å². The second-order valence-electron chi connectivity index (χ2n) is 5.26. The SMILES string of the molecule is CC(C)NC(=O)C(C)N(C)Cc1ccc(C(=O)O)cc1. The van der Waals surface area contributed by atoms with Crippen molar-refractivity contribution in [2.45, 2.75) is 39.4 Å². The number of carbonyl (C=O) groups excluding carboxylic acids is 1. The van der Waals surface area contributed by atoms with Crippen molar-refractivity contribution in [3.63, 3.8) is 0 Å². The first-order valence-electron chi connectivity index (χ1n) is 6.64. The van der Waals surface area contributed by atoms with Gasteiger partial charge >= 0.3 is 5.97 Å². The number of nitrogens with zero attached hydrogens (tertiary/aromatic N) is 1. The van der Waals surface area contributed by atoms with Crippen LogP contribution in [0.25, 0.3) is 0 Å². The molecule has 5 nitrogen and oxygen atoms in total. The highest BCUT2D eigenvalue weighted by molar-refractivity contribution is 5.87. The fourth-order valence-electron chi connectivity index (χ4n) is 1.78. The summed E-state index contributed by atoms with van der Waals surface area (Å²) in [5.41, 5.74) is 1.24. The van der Waals surface area contributed by atoms with Gasteiger partial charge in [-0.15, -0.1) is 0 Å². The van der Waals surface area contributed by atoms with Crippen LogP contribution in [0.15, 0.2) is 24.3 Å². The van der Waals surface area contributed by atoms with Crippen molar-refractivity contribution < 1.29 is 14.7 Å². The molecule has 0 heterocycles. The summed E-state index contributed by atoms with van der Waals surface area (Å²) >= 11 is 0. The zero-order chi connectivity index (χ0) is 15.3. The normalized spacial score (nSPS) is 12.5. The average molecular weight is 278 g/mol. The van der Waals surface area contributed by atoms with Gasteiger partial charge in [0.05, 0.1) is 11.6 Å². The molecule has 5 heteroatoms. The van der Waals surface area contributed by atoms with Crippen LogP contribution in [-0.2, 0) is 11.3 Å². The van der Waals surface area contributed by atoms with Crippen molar-refractivity contribution >= 4 is 11.9 Å². The van der Waals surface area contributed by atoms with E-state index in [4.69, 9.17) is 5.11 Å². The number of hydrogen-bond donors (Lipinski definition) is 2. The Morgan fingerprint density at radius 2 is 1.75 bits per heavy atom. The van der Waals surface area contributed by atoms with Crippen molar-refractivity contribution in [3.8, 4) is 0 Å². The number of carboxylic acid groups (broad SMARTS) is 1. The Hall–Kier alpha value is -1.88. The Morgan fingerprint density at radius 1 is 1.20 bits per heavy atom. The van der Waals surface area contributed by atoms with Gasteiger partial charge in [-0.3, -0.25) is 9.69 Å². The minimum absolute atomic E-state index is 0.00958. The first-order valence-corrected chi connectivity index (χ1v) is 6.64. The molecule has 0 saturated heterocycles. The summed E-state index contributed by atoms with van der Waals surface area (Å²) in [6.45, 7) is 6.29. The second kappa shape index (κ2) is 7.05. The zero-order valence-electron chi connectivity index (χ0n) is 12.4. The lowest BCUT2D eigenvalue weighted by molar-refractivity contribution is -0.126. The van der Waals surface area contributed by atoms with Gasteiger partial charge in [0.1, 0.15) is 0 Å². The van der Waals surface area contributed by atoms with Crippen molar-refractivity contribution in [1.29, 1.82) is 0 Å². The number of rotatable bonds is 6. The molecule has 1 amide bonds. The minimum atomic E-state index is -0.936. The smallest absolute Gasteiger partial charge is 0.335 e. The largest absolute Gasteiger partial charge is 0.478 e. The Morgan fingerprint density at radius 3 is 2.20 bits per heavy atom. The number of carboxylic acids is 1. The molecule has 0 bridgehead atoms. The second-order valence-corrected chi connectivity index (χ2v) is 5.26. The quantitative estimate of drug-likeness (QED) is 0.831. The van der Waals surface area contributed by atoms with Crippen LogP contribution in [0.2, 0.25) is 0 Å². The van der Waals surface area contributed by atoms with Crippen molar-refractivity contribution in [2.24, 2.45) is 0 Å². The molecule has 1 unspecified atom stereocenters. The highest BCUT2D eigenvalue weighted by Gasteiger charge is 2.18. The first-order chi connectivity index (χ1) is 9.31. The maximum atomic E-state index is 11.9. The van der Waals surface area contributed by atoms with Gasteiger partial charge in [-0.2, -0.15) is 0 Å². The monoisotopic (exact) mass is 278 g/mol. The fraction of sp³-hybridized carbons (Fsp3) is 0.467. The lowest BCUT2D eigenvalue weighted by atomic mass is 10.1. The highest BCUT2D eigenvalue weighted by Crippen LogP contribution is 2.09. The molecule has 1 aromatic carbocycles. The van der Waals surface area contributed by atoms with Crippen LogP contribution < -0.4 is 5.32 Å². The van der Waals surface area contributed by atoms with E-state index in [0.29, 0.717) is 6.54 Å². The molecule has 1 aromatic rings. The number of nitrogens with one attached hydrogen (secondary N) is 1. The highest BCUT2D eigenvalue weighted by atomic mass is 16.4. The van der Waals surface area contributed by atoms with E-state index in [2.05, 4.69) is 5.32 Å². The maximum Gasteiger partial charge on any atom is 0.335 e. The summed E-state index contributed by atoms with van der Waals surface area (Å²) in [6, 6.07) is 6.57. The van der Waals surface area contributed by atoms with Crippen LogP contribution in [0.4, 0.5) is 0 Å². The molecule has 1 atom stereocenters. The van der Waals surface area contributed by atoms with Crippen LogP contribution in [-0.4, -0.2) is 41.0 Å². The summed E-state index contributed by atoms with van der Waals surface area (Å²) in [7, 11) is 1.87. The molecule has 0 spiro atoms. The summed E-state index contributed by atoms with van der Waals surface area (Å²) in [4.78, 5) is 24.6. The van der Waals surface area contributed by atoms with Crippen molar-refractivity contribution in [2.75, 3.05) is 7.05 Å². The van der Waals surface area contributed by atoms with Crippen LogP contribution >= 0.6 is 0 Å². The maximum absolute atomic E-state index is 11.9. The Labute approximate surface area is 119 Å². The predicted octanol–water partition coefficient (Wildman–Crippen LogP) is 1.73. The minimum Gasteiger partial charge on any atom is -0.478 e. The molecule has 110 valence electrons.